The first-order chi connectivity index (χ1) is 24.6. The fraction of sp³-hybridized carbons (Fsp3) is 0.953. The van der Waals surface area contributed by atoms with Crippen LogP contribution < -0.4 is 0 Å². The van der Waals surface area contributed by atoms with Crippen molar-refractivity contribution in [2.75, 3.05) is 32.2 Å². The minimum Gasteiger partial charge on any atom is -0.379 e. The number of ether oxygens (including phenoxy) is 2. The topological polar surface area (TPSA) is 100 Å². The van der Waals surface area contributed by atoms with Gasteiger partial charge in [0, 0.05) is 13.2 Å². The van der Waals surface area contributed by atoms with E-state index in [9.17, 15) is 8.42 Å². The normalized spacial score (nSPS) is 11.7. The highest BCUT2D eigenvalue weighted by molar-refractivity contribution is 7.92. The van der Waals surface area contributed by atoms with Crippen LogP contribution in [0.1, 0.15) is 225 Å². The van der Waals surface area contributed by atoms with E-state index < -0.39 is 15.1 Å². The molecule has 0 amide bonds. The summed E-state index contributed by atoms with van der Waals surface area (Å²) in [7, 11) is -3.66. The summed E-state index contributed by atoms with van der Waals surface area (Å²) < 4.78 is 34.7. The number of unbranched alkanes of at least 4 members (excludes halogenated alkanes) is 32. The van der Waals surface area contributed by atoms with Crippen molar-refractivity contribution in [2.24, 2.45) is 0 Å². The second-order valence-corrected chi connectivity index (χ2v) is 17.1. The smallest absolute Gasteiger partial charge is 0.233 e. The van der Waals surface area contributed by atoms with Gasteiger partial charge in [-0.3, -0.25) is 0 Å². The van der Waals surface area contributed by atoms with Crippen molar-refractivity contribution < 1.29 is 17.9 Å². The predicted octanol–water partition coefficient (Wildman–Crippen LogP) is 13.1. The van der Waals surface area contributed by atoms with Crippen molar-refractivity contribution in [1.82, 2.24) is 0 Å². The van der Waals surface area contributed by atoms with E-state index in [2.05, 4.69) is 6.92 Å². The maximum atomic E-state index is 11.8. The number of rotatable bonds is 42. The van der Waals surface area contributed by atoms with Gasteiger partial charge in [0.1, 0.15) is 0 Å². The molecular weight excluding hydrogens is 641 g/mol. The molecule has 0 unspecified atom stereocenters. The van der Waals surface area contributed by atoms with Gasteiger partial charge < -0.3 is 9.47 Å². The van der Waals surface area contributed by atoms with Crippen LogP contribution >= 0.6 is 0 Å². The third-order valence-corrected chi connectivity index (χ3v) is 11.9. The Morgan fingerprint density at radius 1 is 0.380 bits per heavy atom. The lowest BCUT2D eigenvalue weighted by molar-refractivity contribution is 0.0453. The summed E-state index contributed by atoms with van der Waals surface area (Å²) in [6.07, 6.45) is 46.4. The molecule has 0 saturated carbocycles. The van der Waals surface area contributed by atoms with Crippen molar-refractivity contribution in [3.63, 3.8) is 0 Å². The second-order valence-electron chi connectivity index (χ2n) is 14.9. The third kappa shape index (κ3) is 36.6. The van der Waals surface area contributed by atoms with E-state index in [-0.39, 0.29) is 5.75 Å². The molecule has 0 radical (unpaired) electrons. The van der Waals surface area contributed by atoms with Crippen LogP contribution in [-0.2, 0) is 19.3 Å². The quantitative estimate of drug-likeness (QED) is 0.0581. The standard InChI is InChI=1S/C43H82N2O4S/c1-2-3-4-5-6-7-8-9-10-11-12-13-14-15-16-17-18-19-20-21-22-23-24-25-26-27-28-29-30-31-32-33-36-48-38-39-49-37-34-35-40-50(46,47)43(41-44)42-45/h43H,2-40H2,1H3. The molecule has 0 aliphatic rings. The predicted molar refractivity (Wildman–Crippen MR) is 213 cm³/mol. The lowest BCUT2D eigenvalue weighted by Crippen LogP contribution is -2.21. The van der Waals surface area contributed by atoms with E-state index in [1.54, 1.807) is 0 Å². The van der Waals surface area contributed by atoms with Gasteiger partial charge in [0.15, 0.2) is 9.84 Å². The fourth-order valence-corrected chi connectivity index (χ4v) is 7.88. The Bertz CT molecular complexity index is 853. The summed E-state index contributed by atoms with van der Waals surface area (Å²) >= 11 is 0. The Balaban J connectivity index is 3.14. The highest BCUT2D eigenvalue weighted by Crippen LogP contribution is 2.17. The molecule has 0 aromatic rings. The number of nitriles is 2. The molecule has 0 bridgehead atoms. The molecule has 0 aliphatic heterocycles. The Kier molecular flexibility index (Phi) is 39.7. The lowest BCUT2D eigenvalue weighted by Gasteiger charge is -2.07. The van der Waals surface area contributed by atoms with Gasteiger partial charge >= 0.3 is 0 Å². The molecule has 0 rings (SSSR count). The monoisotopic (exact) mass is 723 g/mol. The van der Waals surface area contributed by atoms with Gasteiger partial charge in [0.25, 0.3) is 0 Å². The first kappa shape index (κ1) is 48.9. The van der Waals surface area contributed by atoms with Crippen LogP contribution in [0.25, 0.3) is 0 Å². The zero-order chi connectivity index (χ0) is 36.5. The van der Waals surface area contributed by atoms with Gasteiger partial charge in [-0.05, 0) is 19.3 Å². The molecule has 0 fully saturated rings. The number of nitrogens with zero attached hydrogens (tertiary/aromatic N) is 2. The van der Waals surface area contributed by atoms with E-state index in [1.165, 1.54) is 211 Å². The van der Waals surface area contributed by atoms with Gasteiger partial charge in [-0.2, -0.15) is 10.5 Å². The molecule has 0 aromatic heterocycles. The number of hydrogen-bond donors (Lipinski definition) is 0. The zero-order valence-corrected chi connectivity index (χ0v) is 33.9. The van der Waals surface area contributed by atoms with Crippen molar-refractivity contribution in [3.05, 3.63) is 0 Å². The Labute approximate surface area is 312 Å². The van der Waals surface area contributed by atoms with E-state index >= 15 is 0 Å². The molecule has 50 heavy (non-hydrogen) atoms. The van der Waals surface area contributed by atoms with Crippen LogP contribution in [0.15, 0.2) is 0 Å². The van der Waals surface area contributed by atoms with Gasteiger partial charge in [-0.25, -0.2) is 8.42 Å². The summed E-state index contributed by atoms with van der Waals surface area (Å²) in [5.41, 5.74) is 0. The maximum Gasteiger partial charge on any atom is 0.233 e. The molecule has 0 saturated heterocycles. The molecule has 7 heteroatoms. The summed E-state index contributed by atoms with van der Waals surface area (Å²) in [6.45, 7) is 4.59. The average molecular weight is 723 g/mol. The largest absolute Gasteiger partial charge is 0.379 e. The average Bonchev–Trinajstić information content (AvgIpc) is 3.11. The van der Waals surface area contributed by atoms with Crippen LogP contribution in [-0.4, -0.2) is 45.8 Å². The SMILES string of the molecule is CCCCCCCCCCCCCCCCCCCCCCCCCCCCCCCCCCOCCOCCCCS(=O)(=O)C(C#N)C#N. The molecule has 0 aromatic carbocycles. The van der Waals surface area contributed by atoms with Crippen molar-refractivity contribution in [1.29, 1.82) is 10.5 Å². The van der Waals surface area contributed by atoms with E-state index in [1.807, 2.05) is 0 Å². The van der Waals surface area contributed by atoms with Crippen molar-refractivity contribution in [3.8, 4) is 12.1 Å². The molecule has 0 atom stereocenters. The van der Waals surface area contributed by atoms with Gasteiger partial charge in [0.2, 0.25) is 5.25 Å². The van der Waals surface area contributed by atoms with Crippen LogP contribution in [0.2, 0.25) is 0 Å². The molecular formula is C43H82N2O4S. The Morgan fingerprint density at radius 3 is 0.880 bits per heavy atom. The fourth-order valence-electron chi connectivity index (χ4n) is 6.72. The van der Waals surface area contributed by atoms with Crippen LogP contribution in [0.4, 0.5) is 0 Å². The molecule has 0 aliphatic carbocycles. The maximum absolute atomic E-state index is 11.8. The highest BCUT2D eigenvalue weighted by Gasteiger charge is 2.24. The second kappa shape index (κ2) is 40.6. The first-order valence-corrected chi connectivity index (χ1v) is 23.5. The highest BCUT2D eigenvalue weighted by atomic mass is 32.2. The van der Waals surface area contributed by atoms with Crippen molar-refractivity contribution in [2.45, 2.75) is 230 Å². The van der Waals surface area contributed by atoms with Crippen LogP contribution in [0.3, 0.4) is 0 Å². The summed E-state index contributed by atoms with van der Waals surface area (Å²) in [6, 6.07) is 3.05. The molecule has 0 heterocycles. The first-order valence-electron chi connectivity index (χ1n) is 21.7. The van der Waals surface area contributed by atoms with Gasteiger partial charge in [-0.15, -0.1) is 0 Å². The van der Waals surface area contributed by atoms with Crippen LogP contribution in [0.5, 0.6) is 0 Å². The summed E-state index contributed by atoms with van der Waals surface area (Å²) in [5, 5.41) is 15.9. The minimum atomic E-state index is -3.66. The molecule has 0 N–H and O–H groups in total. The molecule has 0 spiro atoms. The molecule has 6 nitrogen and oxygen atoms in total. The van der Waals surface area contributed by atoms with Crippen LogP contribution in [0, 0.1) is 22.7 Å². The van der Waals surface area contributed by atoms with E-state index in [0.717, 1.165) is 13.0 Å². The summed E-state index contributed by atoms with van der Waals surface area (Å²) in [4.78, 5) is 0. The lowest BCUT2D eigenvalue weighted by atomic mass is 10.0. The van der Waals surface area contributed by atoms with E-state index in [4.69, 9.17) is 20.0 Å². The Hall–Kier alpha value is -1.15. The van der Waals surface area contributed by atoms with Gasteiger partial charge in [0.05, 0.1) is 31.1 Å². The minimum absolute atomic E-state index is 0.154. The van der Waals surface area contributed by atoms with Gasteiger partial charge in [-0.1, -0.05) is 206 Å². The Morgan fingerprint density at radius 2 is 0.620 bits per heavy atom. The molecule has 294 valence electrons. The number of sulfone groups is 1. The van der Waals surface area contributed by atoms with E-state index in [0.29, 0.717) is 32.7 Å². The summed E-state index contributed by atoms with van der Waals surface area (Å²) in [5.74, 6) is -0.154. The van der Waals surface area contributed by atoms with Crippen molar-refractivity contribution >= 4 is 9.84 Å². The zero-order valence-electron chi connectivity index (χ0n) is 33.1. The number of hydrogen-bond acceptors (Lipinski definition) is 6. The third-order valence-electron chi connectivity index (χ3n) is 10.1.